The van der Waals surface area contributed by atoms with Gasteiger partial charge in [0.25, 0.3) is 0 Å². The Balaban J connectivity index is 1.89. The van der Waals surface area contributed by atoms with Crippen LogP contribution in [0.25, 0.3) is 0 Å². The maximum atomic E-state index is 12.3. The van der Waals surface area contributed by atoms with Gasteiger partial charge in [-0.1, -0.05) is 30.4 Å². The van der Waals surface area contributed by atoms with Crippen LogP contribution in [0.1, 0.15) is 35.1 Å². The summed E-state index contributed by atoms with van der Waals surface area (Å²) in [6.07, 6.45) is 3.94. The lowest BCUT2D eigenvalue weighted by Crippen LogP contribution is -2.21. The second-order valence-electron chi connectivity index (χ2n) is 5.76. The van der Waals surface area contributed by atoms with E-state index in [1.54, 1.807) is 0 Å². The van der Waals surface area contributed by atoms with Crippen molar-refractivity contribution in [1.29, 1.82) is 5.26 Å². The Labute approximate surface area is 150 Å². The number of urea groups is 1. The number of nitriles is 1. The van der Waals surface area contributed by atoms with Crippen LogP contribution >= 0.6 is 23.6 Å². The smallest absolute Gasteiger partial charge is 0.307 e. The summed E-state index contributed by atoms with van der Waals surface area (Å²) in [4.78, 5) is 12.3. The molecule has 6 heteroatoms. The number of fused-ring (bicyclic) bond motifs is 1. The minimum atomic E-state index is -0.359. The van der Waals surface area contributed by atoms with Crippen LogP contribution in [0.2, 0.25) is 0 Å². The molecule has 2 aromatic rings. The fraction of sp³-hybridized carbons (Fsp3) is 0.278. The van der Waals surface area contributed by atoms with Gasteiger partial charge >= 0.3 is 6.03 Å². The van der Waals surface area contributed by atoms with Gasteiger partial charge in [-0.15, -0.1) is 11.3 Å². The van der Waals surface area contributed by atoms with Crippen LogP contribution in [0, 0.1) is 22.1 Å². The molecule has 0 aliphatic heterocycles. The number of anilines is 2. The topological polar surface area (TPSA) is 64.9 Å². The fourth-order valence-corrected chi connectivity index (χ4v) is 4.35. The summed E-state index contributed by atoms with van der Waals surface area (Å²) in [5.74, 6) is 0. The largest absolute Gasteiger partial charge is 0.324 e. The van der Waals surface area contributed by atoms with Crippen molar-refractivity contribution in [1.82, 2.24) is 0 Å². The van der Waals surface area contributed by atoms with Crippen molar-refractivity contribution in [3.63, 3.8) is 0 Å². The van der Waals surface area contributed by atoms with E-state index in [0.29, 0.717) is 10.6 Å². The molecule has 2 N–H and O–H groups in total. The molecule has 0 radical (unpaired) electrons. The second-order valence-corrected chi connectivity index (χ2v) is 7.45. The summed E-state index contributed by atoms with van der Waals surface area (Å²) in [7, 11) is 0. The average molecular weight is 355 g/mol. The molecule has 0 saturated carbocycles. The average Bonchev–Trinajstić information content (AvgIpc) is 2.57. The zero-order chi connectivity index (χ0) is 17.1. The van der Waals surface area contributed by atoms with E-state index in [4.69, 9.17) is 12.2 Å². The molecule has 0 saturated heterocycles. The van der Waals surface area contributed by atoms with Crippen LogP contribution < -0.4 is 10.6 Å². The molecule has 1 heterocycles. The van der Waals surface area contributed by atoms with E-state index in [2.05, 4.69) is 16.7 Å². The first kappa shape index (κ1) is 16.6. The third-order valence-electron chi connectivity index (χ3n) is 4.17. The summed E-state index contributed by atoms with van der Waals surface area (Å²) in [6, 6.07) is 9.45. The van der Waals surface area contributed by atoms with E-state index >= 15 is 0 Å². The molecule has 0 spiro atoms. The van der Waals surface area contributed by atoms with Crippen LogP contribution in [0.4, 0.5) is 15.5 Å². The molecule has 1 aromatic carbocycles. The van der Waals surface area contributed by atoms with Crippen LogP contribution in [-0.4, -0.2) is 6.03 Å². The molecule has 3 rings (SSSR count). The van der Waals surface area contributed by atoms with Gasteiger partial charge in [0.15, 0.2) is 0 Å². The van der Waals surface area contributed by atoms with E-state index in [9.17, 15) is 10.1 Å². The highest BCUT2D eigenvalue weighted by Crippen LogP contribution is 2.34. The quantitative estimate of drug-likeness (QED) is 0.730. The summed E-state index contributed by atoms with van der Waals surface area (Å²) in [6.45, 7) is 1.93. The number of carbonyl (C=O) groups is 1. The maximum absolute atomic E-state index is 12.3. The van der Waals surface area contributed by atoms with E-state index in [0.717, 1.165) is 51.9 Å². The molecule has 122 valence electrons. The van der Waals surface area contributed by atoms with Gasteiger partial charge < -0.3 is 5.32 Å². The lowest BCUT2D eigenvalue weighted by molar-refractivity contribution is 0.262. The van der Waals surface area contributed by atoms with E-state index in [-0.39, 0.29) is 6.03 Å². The predicted molar refractivity (Wildman–Crippen MR) is 100 cm³/mol. The second kappa shape index (κ2) is 7.12. The molecule has 4 nitrogen and oxygen atoms in total. The molecule has 0 atom stereocenters. The van der Waals surface area contributed by atoms with Gasteiger partial charge in [-0.3, -0.25) is 5.32 Å². The Hall–Kier alpha value is -2.23. The number of hydrogen-bond donors (Lipinski definition) is 2. The van der Waals surface area contributed by atoms with Gasteiger partial charge in [0.1, 0.15) is 11.1 Å². The first-order chi connectivity index (χ1) is 11.6. The van der Waals surface area contributed by atoms with Crippen LogP contribution in [0.5, 0.6) is 0 Å². The minimum Gasteiger partial charge on any atom is -0.307 e. The van der Waals surface area contributed by atoms with Crippen LogP contribution in [0.15, 0.2) is 24.3 Å². The summed E-state index contributed by atoms with van der Waals surface area (Å²) >= 11 is 6.78. The Morgan fingerprint density at radius 2 is 1.92 bits per heavy atom. The molecular formula is C18H17N3OS2. The fourth-order valence-electron chi connectivity index (χ4n) is 2.92. The molecule has 0 fully saturated rings. The summed E-state index contributed by atoms with van der Waals surface area (Å²) < 4.78 is 0.773. The molecular weight excluding hydrogens is 338 g/mol. The number of amides is 2. The van der Waals surface area contributed by atoms with Crippen LogP contribution in [0.3, 0.4) is 0 Å². The van der Waals surface area contributed by atoms with Crippen molar-refractivity contribution in [3.8, 4) is 6.07 Å². The number of hydrogen-bond acceptors (Lipinski definition) is 4. The SMILES string of the molecule is Cc1ccccc1NC(=O)Nc1sc(=S)c2c(c1C#N)CCCC2. The lowest BCUT2D eigenvalue weighted by atomic mass is 9.91. The number of aryl methyl sites for hydroxylation is 1. The third kappa shape index (κ3) is 3.32. The van der Waals surface area contributed by atoms with Gasteiger partial charge in [-0.2, -0.15) is 5.26 Å². The van der Waals surface area contributed by atoms with Crippen molar-refractivity contribution in [2.75, 3.05) is 10.6 Å². The van der Waals surface area contributed by atoms with Crippen LogP contribution in [-0.2, 0) is 12.8 Å². The van der Waals surface area contributed by atoms with Crippen molar-refractivity contribution >= 4 is 40.3 Å². The number of nitrogens with zero attached hydrogens (tertiary/aromatic N) is 1. The normalized spacial score (nSPS) is 12.8. The van der Waals surface area contributed by atoms with Gasteiger partial charge in [-0.05, 0) is 55.4 Å². The third-order valence-corrected chi connectivity index (χ3v) is 5.61. The highest BCUT2D eigenvalue weighted by atomic mass is 32.1. The number of benzene rings is 1. The van der Waals surface area contributed by atoms with Crippen molar-refractivity contribution in [2.24, 2.45) is 0 Å². The number of para-hydroxylation sites is 1. The van der Waals surface area contributed by atoms with Gasteiger partial charge in [-0.25, -0.2) is 4.79 Å². The minimum absolute atomic E-state index is 0.359. The Morgan fingerprint density at radius 3 is 2.62 bits per heavy atom. The highest BCUT2D eigenvalue weighted by Gasteiger charge is 2.20. The predicted octanol–water partition coefficient (Wildman–Crippen LogP) is 5.18. The highest BCUT2D eigenvalue weighted by molar-refractivity contribution is 7.73. The van der Waals surface area contributed by atoms with E-state index in [1.165, 1.54) is 11.3 Å². The van der Waals surface area contributed by atoms with Gasteiger partial charge in [0.2, 0.25) is 0 Å². The lowest BCUT2D eigenvalue weighted by Gasteiger charge is -2.19. The molecule has 24 heavy (non-hydrogen) atoms. The summed E-state index contributed by atoms with van der Waals surface area (Å²) in [5, 5.41) is 15.7. The van der Waals surface area contributed by atoms with Gasteiger partial charge in [0, 0.05) is 5.69 Å². The molecule has 1 aromatic heterocycles. The number of rotatable bonds is 2. The molecule has 2 amide bonds. The molecule has 0 bridgehead atoms. The molecule has 1 aliphatic carbocycles. The van der Waals surface area contributed by atoms with Crippen molar-refractivity contribution < 1.29 is 4.79 Å². The number of nitrogens with one attached hydrogen (secondary N) is 2. The molecule has 1 aliphatic rings. The zero-order valence-electron chi connectivity index (χ0n) is 13.3. The van der Waals surface area contributed by atoms with Gasteiger partial charge in [0.05, 0.1) is 9.39 Å². The summed E-state index contributed by atoms with van der Waals surface area (Å²) in [5.41, 5.74) is 4.41. The first-order valence-electron chi connectivity index (χ1n) is 7.82. The standard InChI is InChI=1S/C18H17N3OS2/c1-11-6-2-5-9-15(11)20-18(22)21-16-14(10-19)12-7-3-4-8-13(12)17(23)24-16/h2,5-6,9H,3-4,7-8H2,1H3,(H2,20,21,22). The monoisotopic (exact) mass is 355 g/mol. The Kier molecular flexibility index (Phi) is 4.93. The Morgan fingerprint density at radius 1 is 1.21 bits per heavy atom. The Bertz CT molecular complexity index is 896. The van der Waals surface area contributed by atoms with Crippen molar-refractivity contribution in [3.05, 3.63) is 50.3 Å². The molecule has 0 unspecified atom stereocenters. The maximum Gasteiger partial charge on any atom is 0.324 e. The van der Waals surface area contributed by atoms with E-state index < -0.39 is 0 Å². The first-order valence-corrected chi connectivity index (χ1v) is 9.05. The van der Waals surface area contributed by atoms with Crippen molar-refractivity contribution in [2.45, 2.75) is 32.6 Å². The zero-order valence-corrected chi connectivity index (χ0v) is 14.9. The number of carbonyl (C=O) groups excluding carboxylic acids is 1. The van der Waals surface area contributed by atoms with E-state index in [1.807, 2.05) is 31.2 Å².